The van der Waals surface area contributed by atoms with Gasteiger partial charge in [0.2, 0.25) is 0 Å². The first-order chi connectivity index (χ1) is 8.95. The third-order valence-electron chi connectivity index (χ3n) is 3.72. The average Bonchev–Trinajstić information content (AvgIpc) is 2.36. The van der Waals surface area contributed by atoms with Gasteiger partial charge in [0.15, 0.2) is 0 Å². The smallest absolute Gasteiger partial charge is 0.150 e. The lowest BCUT2D eigenvalue weighted by Crippen LogP contribution is -2.38. The van der Waals surface area contributed by atoms with Gasteiger partial charge in [-0.2, -0.15) is 0 Å². The first-order valence-corrected chi connectivity index (χ1v) is 9.36. The molecule has 1 fully saturated rings. The van der Waals surface area contributed by atoms with E-state index in [-0.39, 0.29) is 5.25 Å². The van der Waals surface area contributed by atoms with Gasteiger partial charge in [0.25, 0.3) is 0 Å². The molecule has 1 aromatic rings. The molecular weight excluding hydrogens is 326 g/mol. The number of hydrogen-bond donors (Lipinski definition) is 1. The van der Waals surface area contributed by atoms with Crippen molar-refractivity contribution in [3.05, 3.63) is 34.3 Å². The molecule has 5 heteroatoms. The Kier molecular flexibility index (Phi) is 5.03. The molecule has 0 radical (unpaired) electrons. The summed E-state index contributed by atoms with van der Waals surface area (Å²) in [6, 6.07) is 8.50. The molecule has 106 valence electrons. The van der Waals surface area contributed by atoms with Gasteiger partial charge in [-0.1, -0.05) is 34.5 Å². The summed E-state index contributed by atoms with van der Waals surface area (Å²) in [5.41, 5.74) is 1.22. The standard InChI is InChI=1S/C14H20BrNO2S/c1-19(17,18)14-7-3-6-13(9-14)16-10-11-4-2-5-12(15)8-11/h2,4-5,8,13-14,16H,3,6-7,9-10H2,1H3. The van der Waals surface area contributed by atoms with E-state index < -0.39 is 9.84 Å². The third kappa shape index (κ3) is 4.58. The molecule has 2 atom stereocenters. The fraction of sp³-hybridized carbons (Fsp3) is 0.571. The fourth-order valence-corrected chi connectivity index (χ4v) is 4.25. The van der Waals surface area contributed by atoms with Gasteiger partial charge in [-0.3, -0.25) is 0 Å². The monoisotopic (exact) mass is 345 g/mol. The molecule has 2 rings (SSSR count). The highest BCUT2D eigenvalue weighted by Crippen LogP contribution is 2.24. The Hall–Kier alpha value is -0.390. The topological polar surface area (TPSA) is 46.2 Å². The van der Waals surface area contributed by atoms with Gasteiger partial charge in [0.05, 0.1) is 5.25 Å². The molecule has 1 aliphatic rings. The Morgan fingerprint density at radius 2 is 2.16 bits per heavy atom. The van der Waals surface area contributed by atoms with E-state index >= 15 is 0 Å². The Bertz CT molecular complexity index is 530. The highest BCUT2D eigenvalue weighted by Gasteiger charge is 2.28. The summed E-state index contributed by atoms with van der Waals surface area (Å²) in [5.74, 6) is 0. The van der Waals surface area contributed by atoms with Crippen molar-refractivity contribution in [2.75, 3.05) is 6.26 Å². The van der Waals surface area contributed by atoms with Crippen LogP contribution in [0.4, 0.5) is 0 Å². The lowest BCUT2D eigenvalue weighted by molar-refractivity contribution is 0.371. The number of halogens is 1. The van der Waals surface area contributed by atoms with Crippen molar-refractivity contribution in [3.63, 3.8) is 0 Å². The summed E-state index contributed by atoms with van der Waals surface area (Å²) in [6.07, 6.45) is 4.98. The molecule has 1 N–H and O–H groups in total. The summed E-state index contributed by atoms with van der Waals surface area (Å²) in [6.45, 7) is 0.792. The molecule has 0 aliphatic heterocycles. The van der Waals surface area contributed by atoms with E-state index in [0.29, 0.717) is 6.04 Å². The van der Waals surface area contributed by atoms with Gasteiger partial charge in [0.1, 0.15) is 9.84 Å². The molecule has 1 saturated carbocycles. The normalized spacial score (nSPS) is 24.3. The summed E-state index contributed by atoms with van der Waals surface area (Å²) >= 11 is 3.46. The minimum atomic E-state index is -2.90. The van der Waals surface area contributed by atoms with Gasteiger partial charge in [0, 0.05) is 23.3 Å². The van der Waals surface area contributed by atoms with Crippen LogP contribution in [0.5, 0.6) is 0 Å². The lowest BCUT2D eigenvalue weighted by Gasteiger charge is -2.28. The molecular formula is C14H20BrNO2S. The molecule has 3 nitrogen and oxygen atoms in total. The Balaban J connectivity index is 1.89. The Labute approximate surface area is 123 Å². The van der Waals surface area contributed by atoms with E-state index in [1.807, 2.05) is 12.1 Å². The first-order valence-electron chi connectivity index (χ1n) is 6.62. The van der Waals surface area contributed by atoms with Gasteiger partial charge in [-0.25, -0.2) is 8.42 Å². The van der Waals surface area contributed by atoms with Crippen LogP contribution in [0.3, 0.4) is 0 Å². The summed E-state index contributed by atoms with van der Waals surface area (Å²) in [7, 11) is -2.90. The molecule has 1 aliphatic carbocycles. The maximum Gasteiger partial charge on any atom is 0.150 e. The van der Waals surface area contributed by atoms with Crippen molar-refractivity contribution in [1.29, 1.82) is 0 Å². The Morgan fingerprint density at radius 1 is 1.37 bits per heavy atom. The zero-order chi connectivity index (χ0) is 13.9. The molecule has 0 aromatic heterocycles. The minimum absolute atomic E-state index is 0.166. The largest absolute Gasteiger partial charge is 0.310 e. The number of rotatable bonds is 4. The van der Waals surface area contributed by atoms with Crippen molar-refractivity contribution >= 4 is 25.8 Å². The quantitative estimate of drug-likeness (QED) is 0.912. The zero-order valence-corrected chi connectivity index (χ0v) is 13.5. The van der Waals surface area contributed by atoms with Crippen LogP contribution in [0.25, 0.3) is 0 Å². The second-order valence-electron chi connectivity index (χ2n) is 5.33. The number of benzene rings is 1. The van der Waals surface area contributed by atoms with Gasteiger partial charge in [-0.05, 0) is 37.0 Å². The third-order valence-corrected chi connectivity index (χ3v) is 5.85. The molecule has 0 amide bonds. The van der Waals surface area contributed by atoms with Crippen LogP contribution >= 0.6 is 15.9 Å². The predicted octanol–water partition coefficient (Wildman–Crippen LogP) is 2.89. The highest BCUT2D eigenvalue weighted by atomic mass is 79.9. The van der Waals surface area contributed by atoms with E-state index in [4.69, 9.17) is 0 Å². The summed E-state index contributed by atoms with van der Waals surface area (Å²) in [4.78, 5) is 0. The van der Waals surface area contributed by atoms with Crippen LogP contribution < -0.4 is 5.32 Å². The van der Waals surface area contributed by atoms with E-state index in [2.05, 4.69) is 33.4 Å². The highest BCUT2D eigenvalue weighted by molar-refractivity contribution is 9.10. The van der Waals surface area contributed by atoms with Crippen LogP contribution in [0.15, 0.2) is 28.7 Å². The molecule has 19 heavy (non-hydrogen) atoms. The number of nitrogens with one attached hydrogen (secondary N) is 1. The van der Waals surface area contributed by atoms with Gasteiger partial charge < -0.3 is 5.32 Å². The van der Waals surface area contributed by atoms with Crippen LogP contribution in [0.2, 0.25) is 0 Å². The number of hydrogen-bond acceptors (Lipinski definition) is 3. The predicted molar refractivity (Wildman–Crippen MR) is 81.9 cm³/mol. The fourth-order valence-electron chi connectivity index (χ4n) is 2.63. The lowest BCUT2D eigenvalue weighted by atomic mass is 9.95. The summed E-state index contributed by atoms with van der Waals surface area (Å²) in [5, 5.41) is 3.32. The van der Waals surface area contributed by atoms with Crippen LogP contribution in [0.1, 0.15) is 31.2 Å². The van der Waals surface area contributed by atoms with Crippen LogP contribution in [-0.4, -0.2) is 26.0 Å². The molecule has 0 spiro atoms. The Morgan fingerprint density at radius 3 is 2.84 bits per heavy atom. The van der Waals surface area contributed by atoms with E-state index in [1.54, 1.807) is 0 Å². The maximum absolute atomic E-state index is 11.6. The average molecular weight is 346 g/mol. The second kappa shape index (κ2) is 6.37. The van der Waals surface area contributed by atoms with Crippen LogP contribution in [0, 0.1) is 0 Å². The number of sulfone groups is 1. The maximum atomic E-state index is 11.6. The first kappa shape index (κ1) is 15.0. The second-order valence-corrected chi connectivity index (χ2v) is 8.57. The van der Waals surface area contributed by atoms with Gasteiger partial charge >= 0.3 is 0 Å². The van der Waals surface area contributed by atoms with Crippen molar-refractivity contribution in [1.82, 2.24) is 5.32 Å². The molecule has 0 bridgehead atoms. The van der Waals surface area contributed by atoms with E-state index in [9.17, 15) is 8.42 Å². The molecule has 0 saturated heterocycles. The van der Waals surface area contributed by atoms with Crippen molar-refractivity contribution in [2.24, 2.45) is 0 Å². The van der Waals surface area contributed by atoms with Crippen molar-refractivity contribution in [3.8, 4) is 0 Å². The van der Waals surface area contributed by atoms with Crippen molar-refractivity contribution < 1.29 is 8.42 Å². The molecule has 2 unspecified atom stereocenters. The molecule has 1 aromatic carbocycles. The zero-order valence-electron chi connectivity index (χ0n) is 11.1. The van der Waals surface area contributed by atoms with E-state index in [1.165, 1.54) is 11.8 Å². The summed E-state index contributed by atoms with van der Waals surface area (Å²) < 4.78 is 24.3. The SMILES string of the molecule is CS(=O)(=O)C1CCCC(NCc2cccc(Br)c2)C1. The van der Waals surface area contributed by atoms with Crippen LogP contribution in [-0.2, 0) is 16.4 Å². The minimum Gasteiger partial charge on any atom is -0.310 e. The van der Waals surface area contributed by atoms with Gasteiger partial charge in [-0.15, -0.1) is 0 Å². The van der Waals surface area contributed by atoms with E-state index in [0.717, 1.165) is 36.7 Å². The molecule has 0 heterocycles. The van der Waals surface area contributed by atoms with Crippen molar-refractivity contribution in [2.45, 2.75) is 43.5 Å².